The molecule has 18 heavy (non-hydrogen) atoms. The van der Waals surface area contributed by atoms with Crippen molar-refractivity contribution < 1.29 is 24.6 Å². The first-order chi connectivity index (χ1) is 8.47. The molecule has 1 aliphatic rings. The van der Waals surface area contributed by atoms with Gasteiger partial charge in [-0.05, 0) is 18.8 Å². The van der Waals surface area contributed by atoms with Gasteiger partial charge < -0.3 is 15.1 Å². The molecule has 0 bridgehead atoms. The van der Waals surface area contributed by atoms with Crippen LogP contribution in [0.3, 0.4) is 0 Å². The van der Waals surface area contributed by atoms with Gasteiger partial charge in [-0.1, -0.05) is 13.3 Å². The summed E-state index contributed by atoms with van der Waals surface area (Å²) in [5.74, 6) is -3.44. The highest BCUT2D eigenvalue weighted by molar-refractivity contribution is 5.98. The van der Waals surface area contributed by atoms with E-state index in [-0.39, 0.29) is 18.2 Å². The van der Waals surface area contributed by atoms with E-state index in [4.69, 9.17) is 10.2 Å². The number of carboxylic acid groups (broad SMARTS) is 2. The zero-order chi connectivity index (χ0) is 13.7. The van der Waals surface area contributed by atoms with E-state index in [0.717, 1.165) is 6.42 Å². The molecule has 0 spiro atoms. The highest BCUT2D eigenvalue weighted by atomic mass is 16.4. The summed E-state index contributed by atoms with van der Waals surface area (Å²) < 4.78 is 0. The molecule has 1 heterocycles. The second-order valence-electron chi connectivity index (χ2n) is 4.65. The normalized spacial score (nSPS) is 23.4. The Balaban J connectivity index is 2.58. The summed E-state index contributed by atoms with van der Waals surface area (Å²) in [6.45, 7) is 2.72. The van der Waals surface area contributed by atoms with Crippen LogP contribution in [0.1, 0.15) is 32.6 Å². The molecule has 1 aliphatic heterocycles. The average Bonchev–Trinajstić information content (AvgIpc) is 2.55. The van der Waals surface area contributed by atoms with Crippen LogP contribution in [0, 0.1) is 11.8 Å². The third-order valence-corrected chi connectivity index (χ3v) is 3.25. The Morgan fingerprint density at radius 2 is 2.06 bits per heavy atom. The van der Waals surface area contributed by atoms with E-state index >= 15 is 0 Å². The van der Waals surface area contributed by atoms with Crippen molar-refractivity contribution in [2.45, 2.75) is 32.6 Å². The number of rotatable bonds is 7. The fourth-order valence-electron chi connectivity index (χ4n) is 2.44. The lowest BCUT2D eigenvalue weighted by Gasteiger charge is -2.15. The predicted molar refractivity (Wildman–Crippen MR) is 63.0 cm³/mol. The Morgan fingerprint density at radius 1 is 1.39 bits per heavy atom. The molecule has 102 valence electrons. The van der Waals surface area contributed by atoms with Crippen LogP contribution in [-0.2, 0) is 14.4 Å². The maximum absolute atomic E-state index is 11.9. The van der Waals surface area contributed by atoms with Crippen LogP contribution >= 0.6 is 0 Å². The largest absolute Gasteiger partial charge is 0.481 e. The summed E-state index contributed by atoms with van der Waals surface area (Å²) in [6, 6.07) is 0. The van der Waals surface area contributed by atoms with Crippen LogP contribution in [0.5, 0.6) is 0 Å². The van der Waals surface area contributed by atoms with E-state index in [1.807, 2.05) is 6.92 Å². The van der Waals surface area contributed by atoms with Crippen molar-refractivity contribution in [2.75, 3.05) is 13.1 Å². The average molecular weight is 257 g/mol. The van der Waals surface area contributed by atoms with Gasteiger partial charge in [-0.2, -0.15) is 0 Å². The van der Waals surface area contributed by atoms with E-state index in [1.54, 1.807) is 0 Å². The smallest absolute Gasteiger partial charge is 0.316 e. The Hall–Kier alpha value is -1.59. The van der Waals surface area contributed by atoms with Crippen molar-refractivity contribution in [1.29, 1.82) is 0 Å². The summed E-state index contributed by atoms with van der Waals surface area (Å²) in [7, 11) is 0. The van der Waals surface area contributed by atoms with Gasteiger partial charge in [-0.15, -0.1) is 0 Å². The minimum Gasteiger partial charge on any atom is -0.481 e. The first kappa shape index (κ1) is 14.5. The quantitative estimate of drug-likeness (QED) is 0.658. The molecule has 2 atom stereocenters. The fraction of sp³-hybridized carbons (Fsp3) is 0.750. The van der Waals surface area contributed by atoms with Gasteiger partial charge in [-0.25, -0.2) is 0 Å². The van der Waals surface area contributed by atoms with Crippen molar-refractivity contribution in [2.24, 2.45) is 11.8 Å². The summed E-state index contributed by atoms with van der Waals surface area (Å²) in [4.78, 5) is 34.9. The first-order valence-electron chi connectivity index (χ1n) is 6.20. The number of carboxylic acids is 2. The van der Waals surface area contributed by atoms with E-state index < -0.39 is 17.9 Å². The Kier molecular flexibility index (Phi) is 5.12. The monoisotopic (exact) mass is 257 g/mol. The minimum atomic E-state index is -1.07. The molecule has 0 radical (unpaired) electrons. The Morgan fingerprint density at radius 3 is 2.56 bits per heavy atom. The molecule has 0 aromatic carbocycles. The first-order valence-corrected chi connectivity index (χ1v) is 6.20. The molecule has 0 aromatic rings. The van der Waals surface area contributed by atoms with Crippen LogP contribution in [0.15, 0.2) is 0 Å². The molecular weight excluding hydrogens is 238 g/mol. The maximum Gasteiger partial charge on any atom is 0.316 e. The van der Waals surface area contributed by atoms with E-state index in [0.29, 0.717) is 25.9 Å². The molecule has 2 N–H and O–H groups in total. The number of amides is 1. The molecule has 1 rings (SSSR count). The highest BCUT2D eigenvalue weighted by Crippen LogP contribution is 2.29. The van der Waals surface area contributed by atoms with E-state index in [9.17, 15) is 14.4 Å². The predicted octanol–water partition coefficient (Wildman–Crippen LogP) is 0.810. The van der Waals surface area contributed by atoms with Gasteiger partial charge in [0.15, 0.2) is 0 Å². The van der Waals surface area contributed by atoms with Gasteiger partial charge in [0, 0.05) is 19.5 Å². The lowest BCUT2D eigenvalue weighted by Crippen LogP contribution is -2.31. The zero-order valence-electron chi connectivity index (χ0n) is 10.5. The Labute approximate surface area is 106 Å². The van der Waals surface area contributed by atoms with Crippen LogP contribution in [0.25, 0.3) is 0 Å². The summed E-state index contributed by atoms with van der Waals surface area (Å²) in [6.07, 6.45) is 1.91. The second kappa shape index (κ2) is 6.37. The lowest BCUT2D eigenvalue weighted by molar-refractivity contribution is -0.149. The SMILES string of the molecule is CCC[C@@H]1CN(CCCC(=O)O)C(=O)[C@H]1C(=O)O. The molecular formula is C12H19NO5. The summed E-state index contributed by atoms with van der Waals surface area (Å²) in [5, 5.41) is 17.6. The van der Waals surface area contributed by atoms with Crippen molar-refractivity contribution in [3.63, 3.8) is 0 Å². The van der Waals surface area contributed by atoms with Gasteiger partial charge >= 0.3 is 11.9 Å². The van der Waals surface area contributed by atoms with Crippen molar-refractivity contribution in [1.82, 2.24) is 4.90 Å². The number of carbonyl (C=O) groups is 3. The Bertz CT molecular complexity index is 341. The van der Waals surface area contributed by atoms with E-state index in [2.05, 4.69) is 0 Å². The maximum atomic E-state index is 11.9. The number of aliphatic carboxylic acids is 2. The van der Waals surface area contributed by atoms with Crippen LogP contribution in [-0.4, -0.2) is 46.0 Å². The molecule has 0 aromatic heterocycles. The lowest BCUT2D eigenvalue weighted by atomic mass is 9.92. The van der Waals surface area contributed by atoms with Crippen molar-refractivity contribution in [3.8, 4) is 0 Å². The molecule has 0 unspecified atom stereocenters. The van der Waals surface area contributed by atoms with Gasteiger partial charge in [0.2, 0.25) is 5.91 Å². The highest BCUT2D eigenvalue weighted by Gasteiger charge is 2.44. The number of hydrogen-bond donors (Lipinski definition) is 2. The van der Waals surface area contributed by atoms with Crippen molar-refractivity contribution in [3.05, 3.63) is 0 Å². The van der Waals surface area contributed by atoms with Crippen LogP contribution in [0.4, 0.5) is 0 Å². The summed E-state index contributed by atoms with van der Waals surface area (Å²) in [5.41, 5.74) is 0. The number of likely N-dealkylation sites (tertiary alicyclic amines) is 1. The molecule has 6 heteroatoms. The fourth-order valence-corrected chi connectivity index (χ4v) is 2.44. The molecule has 1 saturated heterocycles. The molecule has 0 aliphatic carbocycles. The molecule has 1 amide bonds. The zero-order valence-corrected chi connectivity index (χ0v) is 10.5. The van der Waals surface area contributed by atoms with Crippen LogP contribution < -0.4 is 0 Å². The number of carbonyl (C=O) groups excluding carboxylic acids is 1. The minimum absolute atomic E-state index is 0.0000372. The van der Waals surface area contributed by atoms with Crippen molar-refractivity contribution >= 4 is 17.8 Å². The van der Waals surface area contributed by atoms with Gasteiger partial charge in [-0.3, -0.25) is 14.4 Å². The standard InChI is InChI=1S/C12H19NO5/c1-2-4-8-7-13(6-3-5-9(14)15)11(16)10(8)12(17)18/h8,10H,2-7H2,1H3,(H,14,15)(H,17,18)/t8-,10+/m1/s1. The second-order valence-corrected chi connectivity index (χ2v) is 4.65. The third-order valence-electron chi connectivity index (χ3n) is 3.25. The van der Waals surface area contributed by atoms with Gasteiger partial charge in [0.1, 0.15) is 5.92 Å². The number of nitrogens with zero attached hydrogens (tertiary/aromatic N) is 1. The molecule has 6 nitrogen and oxygen atoms in total. The van der Waals surface area contributed by atoms with Gasteiger partial charge in [0.05, 0.1) is 0 Å². The third kappa shape index (κ3) is 3.45. The molecule has 1 fully saturated rings. The van der Waals surface area contributed by atoms with E-state index in [1.165, 1.54) is 4.90 Å². The van der Waals surface area contributed by atoms with Gasteiger partial charge in [0.25, 0.3) is 0 Å². The molecule has 0 saturated carbocycles. The summed E-state index contributed by atoms with van der Waals surface area (Å²) >= 11 is 0. The number of hydrogen-bond acceptors (Lipinski definition) is 3. The topological polar surface area (TPSA) is 94.9 Å². The van der Waals surface area contributed by atoms with Crippen LogP contribution in [0.2, 0.25) is 0 Å².